The normalized spacial score (nSPS) is 22.5. The molecule has 1 saturated heterocycles. The van der Waals surface area contributed by atoms with Crippen LogP contribution in [0.25, 0.3) is 0 Å². The van der Waals surface area contributed by atoms with Gasteiger partial charge in [0.05, 0.1) is 0 Å². The lowest BCUT2D eigenvalue weighted by atomic mass is 10.1. The van der Waals surface area contributed by atoms with Crippen LogP contribution in [0, 0.1) is 5.92 Å². The number of hydrogen-bond acceptors (Lipinski definition) is 2. The third kappa shape index (κ3) is 3.97. The maximum Gasteiger partial charge on any atom is 0.0232 e. The van der Waals surface area contributed by atoms with E-state index in [2.05, 4.69) is 31.0 Å². The van der Waals surface area contributed by atoms with Crippen LogP contribution in [0.4, 0.5) is 0 Å². The molecule has 0 aromatic carbocycles. The Hall–Kier alpha value is -0.0800. The minimum Gasteiger partial charge on any atom is -0.315 e. The van der Waals surface area contributed by atoms with Crippen molar-refractivity contribution < 1.29 is 0 Å². The van der Waals surface area contributed by atoms with Crippen molar-refractivity contribution in [3.05, 3.63) is 0 Å². The number of hydrogen-bond donors (Lipinski definition) is 1. The van der Waals surface area contributed by atoms with Crippen molar-refractivity contribution >= 4 is 0 Å². The van der Waals surface area contributed by atoms with Gasteiger partial charge in [-0.25, -0.2) is 0 Å². The molecule has 1 heterocycles. The Bertz CT molecular complexity index is 139. The summed E-state index contributed by atoms with van der Waals surface area (Å²) in [5.41, 5.74) is 0. The fourth-order valence-corrected chi connectivity index (χ4v) is 2.25. The highest BCUT2D eigenvalue weighted by molar-refractivity contribution is 4.79. The molecule has 0 bridgehead atoms. The second-order valence-electron chi connectivity index (χ2n) is 4.81. The highest BCUT2D eigenvalue weighted by Crippen LogP contribution is 2.11. The van der Waals surface area contributed by atoms with Gasteiger partial charge in [-0.2, -0.15) is 0 Å². The van der Waals surface area contributed by atoms with E-state index < -0.39 is 0 Å². The molecule has 1 aliphatic rings. The first kappa shape index (κ1) is 12.0. The molecule has 1 N–H and O–H groups in total. The first-order chi connectivity index (χ1) is 6.74. The first-order valence-electron chi connectivity index (χ1n) is 6.18. The number of likely N-dealkylation sites (N-methyl/N-ethyl adjacent to an activating group) is 1. The van der Waals surface area contributed by atoms with Crippen LogP contribution in [0.5, 0.6) is 0 Å². The third-order valence-corrected chi connectivity index (χ3v) is 3.18. The van der Waals surface area contributed by atoms with E-state index >= 15 is 0 Å². The van der Waals surface area contributed by atoms with Crippen molar-refractivity contribution in [1.29, 1.82) is 0 Å². The van der Waals surface area contributed by atoms with Gasteiger partial charge in [-0.3, -0.25) is 4.90 Å². The van der Waals surface area contributed by atoms with Crippen molar-refractivity contribution in [2.75, 3.05) is 26.2 Å². The zero-order valence-electron chi connectivity index (χ0n) is 10.1. The monoisotopic (exact) mass is 198 g/mol. The number of nitrogens with zero attached hydrogens (tertiary/aromatic N) is 1. The molecule has 0 amide bonds. The summed E-state index contributed by atoms with van der Waals surface area (Å²) in [4.78, 5) is 2.64. The van der Waals surface area contributed by atoms with Crippen molar-refractivity contribution in [3.8, 4) is 0 Å². The zero-order chi connectivity index (χ0) is 10.4. The molecule has 0 spiro atoms. The minimum atomic E-state index is 0.812. The summed E-state index contributed by atoms with van der Waals surface area (Å²) in [6.45, 7) is 11.8. The molecule has 1 atom stereocenters. The van der Waals surface area contributed by atoms with Gasteiger partial charge >= 0.3 is 0 Å². The van der Waals surface area contributed by atoms with Gasteiger partial charge in [0.15, 0.2) is 0 Å². The molecule has 0 aromatic rings. The van der Waals surface area contributed by atoms with Crippen LogP contribution in [0.1, 0.15) is 40.0 Å². The largest absolute Gasteiger partial charge is 0.315 e. The van der Waals surface area contributed by atoms with Gasteiger partial charge < -0.3 is 5.32 Å². The van der Waals surface area contributed by atoms with Gasteiger partial charge in [-0.15, -0.1) is 0 Å². The van der Waals surface area contributed by atoms with Crippen molar-refractivity contribution in [2.45, 2.75) is 46.1 Å². The molecule has 1 rings (SSSR count). The lowest BCUT2D eigenvalue weighted by molar-refractivity contribution is 0.212. The minimum absolute atomic E-state index is 0.812. The smallest absolute Gasteiger partial charge is 0.0232 e. The van der Waals surface area contributed by atoms with Crippen LogP contribution in [0.15, 0.2) is 0 Å². The van der Waals surface area contributed by atoms with Crippen molar-refractivity contribution in [2.24, 2.45) is 5.92 Å². The lowest BCUT2D eigenvalue weighted by Crippen LogP contribution is -2.37. The summed E-state index contributed by atoms with van der Waals surface area (Å²) in [6.07, 6.45) is 4.08. The summed E-state index contributed by atoms with van der Waals surface area (Å²) in [5, 5.41) is 3.44. The Morgan fingerprint density at radius 2 is 2.21 bits per heavy atom. The predicted molar refractivity (Wildman–Crippen MR) is 62.6 cm³/mol. The SMILES string of the molecule is CCN(CCCC(C)C)C1CCNC1. The van der Waals surface area contributed by atoms with Crippen molar-refractivity contribution in [3.63, 3.8) is 0 Å². The van der Waals surface area contributed by atoms with E-state index in [1.54, 1.807) is 0 Å². The number of rotatable bonds is 6. The van der Waals surface area contributed by atoms with Crippen LogP contribution in [-0.4, -0.2) is 37.1 Å². The molecule has 2 nitrogen and oxygen atoms in total. The van der Waals surface area contributed by atoms with Gasteiger partial charge in [-0.1, -0.05) is 20.8 Å². The molecular weight excluding hydrogens is 172 g/mol. The highest BCUT2D eigenvalue weighted by atomic mass is 15.2. The highest BCUT2D eigenvalue weighted by Gasteiger charge is 2.20. The predicted octanol–water partition coefficient (Wildman–Crippen LogP) is 2.11. The Morgan fingerprint density at radius 3 is 2.71 bits per heavy atom. The zero-order valence-corrected chi connectivity index (χ0v) is 10.1. The van der Waals surface area contributed by atoms with Gasteiger partial charge in [-0.05, 0) is 44.8 Å². The van der Waals surface area contributed by atoms with E-state index in [0.717, 1.165) is 12.0 Å². The summed E-state index contributed by atoms with van der Waals surface area (Å²) in [5.74, 6) is 0.857. The van der Waals surface area contributed by atoms with Crippen LogP contribution in [0.3, 0.4) is 0 Å². The molecule has 0 aromatic heterocycles. The van der Waals surface area contributed by atoms with Crippen LogP contribution in [0.2, 0.25) is 0 Å². The van der Waals surface area contributed by atoms with E-state index in [9.17, 15) is 0 Å². The first-order valence-corrected chi connectivity index (χ1v) is 6.18. The molecule has 14 heavy (non-hydrogen) atoms. The number of nitrogens with one attached hydrogen (secondary N) is 1. The molecule has 84 valence electrons. The fourth-order valence-electron chi connectivity index (χ4n) is 2.25. The molecular formula is C12H26N2. The average Bonchev–Trinajstić information content (AvgIpc) is 2.64. The van der Waals surface area contributed by atoms with E-state index in [-0.39, 0.29) is 0 Å². The Kier molecular flexibility index (Phi) is 5.49. The van der Waals surface area contributed by atoms with Gasteiger partial charge in [0.1, 0.15) is 0 Å². The lowest BCUT2D eigenvalue weighted by Gasteiger charge is -2.27. The van der Waals surface area contributed by atoms with E-state index in [1.807, 2.05) is 0 Å². The maximum atomic E-state index is 3.44. The maximum absolute atomic E-state index is 3.44. The molecule has 0 radical (unpaired) electrons. The van der Waals surface area contributed by atoms with Gasteiger partial charge in [0, 0.05) is 12.6 Å². The van der Waals surface area contributed by atoms with Crippen LogP contribution in [-0.2, 0) is 0 Å². The topological polar surface area (TPSA) is 15.3 Å². The molecule has 1 aliphatic heterocycles. The standard InChI is InChI=1S/C12H26N2/c1-4-14(9-5-6-11(2)3)12-7-8-13-10-12/h11-13H,4-10H2,1-3H3. The van der Waals surface area contributed by atoms with E-state index in [1.165, 1.54) is 45.4 Å². The average molecular weight is 198 g/mol. The van der Waals surface area contributed by atoms with E-state index in [4.69, 9.17) is 0 Å². The third-order valence-electron chi connectivity index (χ3n) is 3.18. The molecule has 0 saturated carbocycles. The fraction of sp³-hybridized carbons (Fsp3) is 1.00. The van der Waals surface area contributed by atoms with Crippen LogP contribution >= 0.6 is 0 Å². The van der Waals surface area contributed by atoms with E-state index in [0.29, 0.717) is 0 Å². The summed E-state index contributed by atoms with van der Waals surface area (Å²) in [7, 11) is 0. The summed E-state index contributed by atoms with van der Waals surface area (Å²) >= 11 is 0. The second-order valence-corrected chi connectivity index (χ2v) is 4.81. The van der Waals surface area contributed by atoms with Gasteiger partial charge in [0.2, 0.25) is 0 Å². The molecule has 1 unspecified atom stereocenters. The molecule has 0 aliphatic carbocycles. The van der Waals surface area contributed by atoms with Crippen molar-refractivity contribution in [1.82, 2.24) is 10.2 Å². The molecule has 2 heteroatoms. The second kappa shape index (κ2) is 6.41. The molecule has 1 fully saturated rings. The Morgan fingerprint density at radius 1 is 1.43 bits per heavy atom. The Labute approximate surface area is 89.1 Å². The Balaban J connectivity index is 2.17. The van der Waals surface area contributed by atoms with Gasteiger partial charge in [0.25, 0.3) is 0 Å². The summed E-state index contributed by atoms with van der Waals surface area (Å²) in [6, 6.07) is 0.812. The quantitative estimate of drug-likeness (QED) is 0.703. The summed E-state index contributed by atoms with van der Waals surface area (Å²) < 4.78 is 0. The van der Waals surface area contributed by atoms with Crippen LogP contribution < -0.4 is 5.32 Å².